The Morgan fingerprint density at radius 2 is 2.08 bits per heavy atom. The molecule has 2 aromatic rings. The average molecular weight is 379 g/mol. The van der Waals surface area contributed by atoms with E-state index in [0.717, 1.165) is 0 Å². The molecule has 0 atom stereocenters. The standard InChI is InChI=1S/C16H21N5O4S/c22-16(18-5-2-6-20-13-17-12-19-20)14-3-1-4-15(11-14)26(23,24)21-7-9-25-10-8-21/h1,3-4,11-13H,2,5-10H2,(H,18,22). The number of hydrogen-bond acceptors (Lipinski definition) is 6. The molecule has 1 aromatic heterocycles. The van der Waals surface area contributed by atoms with Gasteiger partial charge in [-0.15, -0.1) is 0 Å². The number of benzene rings is 1. The summed E-state index contributed by atoms with van der Waals surface area (Å²) in [7, 11) is -3.62. The Morgan fingerprint density at radius 1 is 1.27 bits per heavy atom. The van der Waals surface area contributed by atoms with Gasteiger partial charge >= 0.3 is 0 Å². The molecule has 1 aromatic carbocycles. The van der Waals surface area contributed by atoms with E-state index in [4.69, 9.17) is 4.74 Å². The van der Waals surface area contributed by atoms with Gasteiger partial charge in [-0.25, -0.2) is 13.4 Å². The zero-order valence-electron chi connectivity index (χ0n) is 14.2. The molecule has 0 saturated carbocycles. The van der Waals surface area contributed by atoms with E-state index in [2.05, 4.69) is 15.4 Å². The number of nitrogens with one attached hydrogen (secondary N) is 1. The summed E-state index contributed by atoms with van der Waals surface area (Å²) in [4.78, 5) is 16.3. The topological polar surface area (TPSA) is 106 Å². The molecule has 1 amide bonds. The van der Waals surface area contributed by atoms with Crippen LogP contribution < -0.4 is 5.32 Å². The maximum Gasteiger partial charge on any atom is 0.251 e. The first-order chi connectivity index (χ1) is 12.6. The molecule has 0 bridgehead atoms. The lowest BCUT2D eigenvalue weighted by Gasteiger charge is -2.26. The number of nitrogens with zero attached hydrogens (tertiary/aromatic N) is 4. The molecule has 10 heteroatoms. The monoisotopic (exact) mass is 379 g/mol. The molecule has 2 heterocycles. The highest BCUT2D eigenvalue weighted by molar-refractivity contribution is 7.89. The number of aryl methyl sites for hydroxylation is 1. The normalized spacial score (nSPS) is 15.7. The summed E-state index contributed by atoms with van der Waals surface area (Å²) in [6.45, 7) is 2.50. The Bertz CT molecular complexity index is 832. The largest absolute Gasteiger partial charge is 0.379 e. The minimum Gasteiger partial charge on any atom is -0.379 e. The summed E-state index contributed by atoms with van der Waals surface area (Å²) in [5, 5.41) is 6.78. The van der Waals surface area contributed by atoms with Gasteiger partial charge in [-0.1, -0.05) is 6.07 Å². The first-order valence-corrected chi connectivity index (χ1v) is 9.80. The van der Waals surface area contributed by atoms with Crippen LogP contribution >= 0.6 is 0 Å². The third kappa shape index (κ3) is 4.45. The first-order valence-electron chi connectivity index (χ1n) is 8.36. The van der Waals surface area contributed by atoms with Crippen LogP contribution in [-0.4, -0.2) is 66.2 Å². The van der Waals surface area contributed by atoms with E-state index in [-0.39, 0.29) is 10.8 Å². The van der Waals surface area contributed by atoms with Crippen LogP contribution in [0.4, 0.5) is 0 Å². The molecular weight excluding hydrogens is 358 g/mol. The third-order valence-electron chi connectivity index (χ3n) is 4.02. The van der Waals surface area contributed by atoms with Gasteiger partial charge in [0.25, 0.3) is 5.91 Å². The fraction of sp³-hybridized carbons (Fsp3) is 0.438. The summed E-state index contributed by atoms with van der Waals surface area (Å²) >= 11 is 0. The Balaban J connectivity index is 1.59. The number of amides is 1. The molecule has 1 saturated heterocycles. The highest BCUT2D eigenvalue weighted by Crippen LogP contribution is 2.18. The van der Waals surface area contributed by atoms with E-state index in [0.29, 0.717) is 51.4 Å². The zero-order valence-corrected chi connectivity index (χ0v) is 15.1. The van der Waals surface area contributed by atoms with Crippen LogP contribution in [0.5, 0.6) is 0 Å². The van der Waals surface area contributed by atoms with E-state index >= 15 is 0 Å². The molecule has 0 unspecified atom stereocenters. The van der Waals surface area contributed by atoms with Crippen LogP contribution in [0.3, 0.4) is 0 Å². The van der Waals surface area contributed by atoms with E-state index in [1.807, 2.05) is 0 Å². The molecule has 1 aliphatic heterocycles. The molecule has 0 aliphatic carbocycles. The number of aromatic nitrogens is 3. The van der Waals surface area contributed by atoms with Crippen LogP contribution in [0.2, 0.25) is 0 Å². The lowest BCUT2D eigenvalue weighted by molar-refractivity contribution is 0.0730. The van der Waals surface area contributed by atoms with Gasteiger partial charge in [0.15, 0.2) is 0 Å². The average Bonchev–Trinajstić information content (AvgIpc) is 3.19. The van der Waals surface area contributed by atoms with Gasteiger partial charge < -0.3 is 10.1 Å². The van der Waals surface area contributed by atoms with Crippen LogP contribution in [0, 0.1) is 0 Å². The van der Waals surface area contributed by atoms with Crippen molar-refractivity contribution in [2.24, 2.45) is 0 Å². The van der Waals surface area contributed by atoms with Crippen molar-refractivity contribution in [3.8, 4) is 0 Å². The molecule has 9 nitrogen and oxygen atoms in total. The molecule has 1 aliphatic rings. The Labute approximate surface area is 152 Å². The minimum atomic E-state index is -3.62. The second-order valence-electron chi connectivity index (χ2n) is 5.81. The van der Waals surface area contributed by atoms with Crippen molar-refractivity contribution in [1.82, 2.24) is 24.4 Å². The molecule has 1 fully saturated rings. The highest BCUT2D eigenvalue weighted by Gasteiger charge is 2.26. The number of morpholine rings is 1. The van der Waals surface area contributed by atoms with Crippen molar-refractivity contribution in [3.63, 3.8) is 0 Å². The van der Waals surface area contributed by atoms with Gasteiger partial charge in [-0.3, -0.25) is 9.48 Å². The Morgan fingerprint density at radius 3 is 2.81 bits per heavy atom. The second kappa shape index (κ2) is 8.39. The van der Waals surface area contributed by atoms with Crippen molar-refractivity contribution < 1.29 is 17.9 Å². The number of carbonyl (C=O) groups is 1. The van der Waals surface area contributed by atoms with Crippen molar-refractivity contribution in [3.05, 3.63) is 42.5 Å². The second-order valence-corrected chi connectivity index (χ2v) is 7.75. The van der Waals surface area contributed by atoms with E-state index in [1.165, 1.54) is 22.8 Å². The molecule has 140 valence electrons. The van der Waals surface area contributed by atoms with E-state index in [1.54, 1.807) is 23.1 Å². The molecule has 3 rings (SSSR count). The van der Waals surface area contributed by atoms with Crippen LogP contribution in [0.15, 0.2) is 41.8 Å². The van der Waals surface area contributed by atoms with E-state index in [9.17, 15) is 13.2 Å². The minimum absolute atomic E-state index is 0.120. The summed E-state index contributed by atoms with van der Waals surface area (Å²) in [6.07, 6.45) is 3.77. The smallest absolute Gasteiger partial charge is 0.251 e. The number of hydrogen-bond donors (Lipinski definition) is 1. The lowest BCUT2D eigenvalue weighted by atomic mass is 10.2. The van der Waals surface area contributed by atoms with Gasteiger partial charge in [-0.05, 0) is 24.6 Å². The molecular formula is C16H21N5O4S. The summed E-state index contributed by atoms with van der Waals surface area (Å²) in [5.41, 5.74) is 0.320. The van der Waals surface area contributed by atoms with Crippen LogP contribution in [-0.2, 0) is 21.3 Å². The quantitative estimate of drug-likeness (QED) is 0.685. The van der Waals surface area contributed by atoms with Crippen LogP contribution in [0.1, 0.15) is 16.8 Å². The summed E-state index contributed by atoms with van der Waals surface area (Å²) in [6, 6.07) is 6.10. The van der Waals surface area contributed by atoms with Crippen LogP contribution in [0.25, 0.3) is 0 Å². The summed E-state index contributed by atoms with van der Waals surface area (Å²) < 4.78 is 33.6. The predicted molar refractivity (Wildman–Crippen MR) is 93.0 cm³/mol. The number of carbonyl (C=O) groups excluding carboxylic acids is 1. The zero-order chi connectivity index (χ0) is 18.4. The fourth-order valence-corrected chi connectivity index (χ4v) is 4.08. The number of sulfonamides is 1. The van der Waals surface area contributed by atoms with Crippen molar-refractivity contribution in [1.29, 1.82) is 0 Å². The number of rotatable bonds is 7. The fourth-order valence-electron chi connectivity index (χ4n) is 2.63. The van der Waals surface area contributed by atoms with Gasteiger partial charge in [0, 0.05) is 31.7 Å². The Kier molecular flexibility index (Phi) is 5.96. The molecule has 0 spiro atoms. The predicted octanol–water partition coefficient (Wildman–Crippen LogP) is 0.119. The Hall–Kier alpha value is -2.30. The van der Waals surface area contributed by atoms with Gasteiger partial charge in [-0.2, -0.15) is 9.40 Å². The SMILES string of the molecule is O=C(NCCCn1cncn1)c1cccc(S(=O)(=O)N2CCOCC2)c1. The molecule has 0 radical (unpaired) electrons. The van der Waals surface area contributed by atoms with Gasteiger partial charge in [0.05, 0.1) is 18.1 Å². The third-order valence-corrected chi connectivity index (χ3v) is 5.91. The van der Waals surface area contributed by atoms with Crippen molar-refractivity contribution >= 4 is 15.9 Å². The maximum absolute atomic E-state index is 12.7. The lowest BCUT2D eigenvalue weighted by Crippen LogP contribution is -2.40. The molecule has 26 heavy (non-hydrogen) atoms. The van der Waals surface area contributed by atoms with Gasteiger partial charge in [0.2, 0.25) is 10.0 Å². The number of ether oxygens (including phenoxy) is 1. The highest BCUT2D eigenvalue weighted by atomic mass is 32.2. The van der Waals surface area contributed by atoms with Crippen molar-refractivity contribution in [2.45, 2.75) is 17.9 Å². The van der Waals surface area contributed by atoms with E-state index < -0.39 is 10.0 Å². The summed E-state index contributed by atoms with van der Waals surface area (Å²) in [5.74, 6) is -0.303. The molecule has 1 N–H and O–H groups in total. The van der Waals surface area contributed by atoms with Crippen molar-refractivity contribution in [2.75, 3.05) is 32.8 Å². The maximum atomic E-state index is 12.7. The first kappa shape index (κ1) is 18.5. The van der Waals surface area contributed by atoms with Gasteiger partial charge in [0.1, 0.15) is 12.7 Å².